The highest BCUT2D eigenvalue weighted by molar-refractivity contribution is 6.06. The van der Waals surface area contributed by atoms with Crippen LogP contribution in [0.2, 0.25) is 0 Å². The van der Waals surface area contributed by atoms with Crippen LogP contribution in [0.3, 0.4) is 0 Å². The van der Waals surface area contributed by atoms with Gasteiger partial charge in [-0.3, -0.25) is 4.79 Å². The number of amides is 1. The maximum absolute atomic E-state index is 13.6. The molecule has 0 saturated carbocycles. The van der Waals surface area contributed by atoms with Crippen LogP contribution in [-0.2, 0) is 0 Å². The van der Waals surface area contributed by atoms with Gasteiger partial charge in [-0.05, 0) is 24.3 Å². The third kappa shape index (κ3) is 3.22. The number of nitrogen functional groups attached to an aromatic ring is 1. The molecule has 1 amide bonds. The van der Waals surface area contributed by atoms with E-state index in [9.17, 15) is 9.18 Å². The number of hydrogen-bond donors (Lipinski definition) is 2. The van der Waals surface area contributed by atoms with E-state index in [0.29, 0.717) is 22.7 Å². The van der Waals surface area contributed by atoms with Crippen LogP contribution in [0.25, 0.3) is 0 Å². The minimum absolute atomic E-state index is 0.109. The Labute approximate surface area is 121 Å². The second-order valence-corrected chi connectivity index (χ2v) is 4.26. The lowest BCUT2D eigenvalue weighted by Crippen LogP contribution is -2.13. The van der Waals surface area contributed by atoms with Gasteiger partial charge in [0.2, 0.25) is 0 Å². The Morgan fingerprint density at radius 2 is 1.81 bits per heavy atom. The largest absolute Gasteiger partial charge is 0.496 e. The number of carbonyl (C=O) groups excluding carboxylic acids is 1. The molecule has 6 heteroatoms. The standard InChI is InChI=1S/C15H15FN2O3/c1-20-13-6-4-10(8-12(13)16)18-15(19)11-5-3-9(17)7-14(11)21-2/h3-8H,17H2,1-2H3,(H,18,19). The van der Waals surface area contributed by atoms with Crippen LogP contribution in [0.1, 0.15) is 10.4 Å². The summed E-state index contributed by atoms with van der Waals surface area (Å²) in [6.45, 7) is 0. The van der Waals surface area contributed by atoms with Gasteiger partial charge in [-0.25, -0.2) is 4.39 Å². The predicted molar refractivity (Wildman–Crippen MR) is 78.3 cm³/mol. The lowest BCUT2D eigenvalue weighted by molar-refractivity contribution is 0.102. The summed E-state index contributed by atoms with van der Waals surface area (Å²) in [7, 11) is 2.81. The first-order chi connectivity index (χ1) is 10.0. The zero-order valence-corrected chi connectivity index (χ0v) is 11.6. The molecule has 0 spiro atoms. The molecular weight excluding hydrogens is 275 g/mol. The fraction of sp³-hybridized carbons (Fsp3) is 0.133. The maximum Gasteiger partial charge on any atom is 0.259 e. The Hall–Kier alpha value is -2.76. The van der Waals surface area contributed by atoms with E-state index in [0.717, 1.165) is 0 Å². The van der Waals surface area contributed by atoms with Crippen molar-refractivity contribution < 1.29 is 18.7 Å². The number of methoxy groups -OCH3 is 2. The molecule has 2 aromatic rings. The number of nitrogens with two attached hydrogens (primary N) is 1. The number of hydrogen-bond acceptors (Lipinski definition) is 4. The van der Waals surface area contributed by atoms with Gasteiger partial charge in [-0.1, -0.05) is 0 Å². The fourth-order valence-electron chi connectivity index (χ4n) is 1.84. The van der Waals surface area contributed by atoms with Crippen molar-refractivity contribution >= 4 is 17.3 Å². The Morgan fingerprint density at radius 3 is 2.43 bits per heavy atom. The molecule has 2 aromatic carbocycles. The first-order valence-electron chi connectivity index (χ1n) is 6.13. The highest BCUT2D eigenvalue weighted by Crippen LogP contribution is 2.24. The average molecular weight is 290 g/mol. The van der Waals surface area contributed by atoms with Crippen molar-refractivity contribution in [3.8, 4) is 11.5 Å². The summed E-state index contributed by atoms with van der Waals surface area (Å²) in [6.07, 6.45) is 0. The van der Waals surface area contributed by atoms with Crippen LogP contribution in [0.15, 0.2) is 36.4 Å². The Morgan fingerprint density at radius 1 is 1.10 bits per heavy atom. The summed E-state index contributed by atoms with van der Waals surface area (Å²) < 4.78 is 23.5. The van der Waals surface area contributed by atoms with E-state index in [4.69, 9.17) is 15.2 Å². The summed E-state index contributed by atoms with van der Waals surface area (Å²) in [5.41, 5.74) is 6.74. The molecule has 5 nitrogen and oxygen atoms in total. The minimum atomic E-state index is -0.556. The molecule has 0 aliphatic carbocycles. The fourth-order valence-corrected chi connectivity index (χ4v) is 1.84. The van der Waals surface area contributed by atoms with Gasteiger partial charge in [-0.15, -0.1) is 0 Å². The number of halogens is 1. The summed E-state index contributed by atoms with van der Waals surface area (Å²) in [5.74, 6) is -0.518. The quantitative estimate of drug-likeness (QED) is 0.849. The van der Waals surface area contributed by atoms with Crippen molar-refractivity contribution in [1.82, 2.24) is 0 Å². The summed E-state index contributed by atoms with van der Waals surface area (Å²) in [6, 6.07) is 8.84. The van der Waals surface area contributed by atoms with Gasteiger partial charge in [0.05, 0.1) is 19.8 Å². The monoisotopic (exact) mass is 290 g/mol. The normalized spacial score (nSPS) is 10.0. The van der Waals surface area contributed by atoms with Crippen molar-refractivity contribution in [3.05, 3.63) is 47.8 Å². The molecule has 21 heavy (non-hydrogen) atoms. The van der Waals surface area contributed by atoms with Crippen LogP contribution in [0.5, 0.6) is 11.5 Å². The van der Waals surface area contributed by atoms with E-state index in [2.05, 4.69) is 5.32 Å². The van der Waals surface area contributed by atoms with Gasteiger partial charge in [-0.2, -0.15) is 0 Å². The van der Waals surface area contributed by atoms with E-state index in [1.165, 1.54) is 26.4 Å². The van der Waals surface area contributed by atoms with E-state index in [1.807, 2.05) is 0 Å². The van der Waals surface area contributed by atoms with Crippen molar-refractivity contribution in [1.29, 1.82) is 0 Å². The smallest absolute Gasteiger partial charge is 0.259 e. The number of ether oxygens (including phenoxy) is 2. The Balaban J connectivity index is 2.24. The molecule has 3 N–H and O–H groups in total. The molecule has 110 valence electrons. The Kier molecular flexibility index (Phi) is 4.27. The summed E-state index contributed by atoms with van der Waals surface area (Å²) >= 11 is 0. The van der Waals surface area contributed by atoms with Crippen molar-refractivity contribution in [2.75, 3.05) is 25.3 Å². The first-order valence-corrected chi connectivity index (χ1v) is 6.13. The number of benzene rings is 2. The third-order valence-corrected chi connectivity index (χ3v) is 2.88. The van der Waals surface area contributed by atoms with Crippen LogP contribution in [0, 0.1) is 5.82 Å². The molecule has 0 aliphatic rings. The SMILES string of the molecule is COc1ccc(NC(=O)c2ccc(N)cc2OC)cc1F. The van der Waals surface area contributed by atoms with Crippen LogP contribution in [-0.4, -0.2) is 20.1 Å². The van der Waals surface area contributed by atoms with Crippen molar-refractivity contribution in [2.24, 2.45) is 0 Å². The van der Waals surface area contributed by atoms with Gasteiger partial charge in [0.1, 0.15) is 5.75 Å². The summed E-state index contributed by atoms with van der Waals surface area (Å²) in [4.78, 5) is 12.2. The van der Waals surface area contributed by atoms with Gasteiger partial charge >= 0.3 is 0 Å². The molecule has 0 aliphatic heterocycles. The van der Waals surface area contributed by atoms with Crippen LogP contribution < -0.4 is 20.5 Å². The zero-order valence-electron chi connectivity index (χ0n) is 11.6. The molecule has 0 heterocycles. The highest BCUT2D eigenvalue weighted by atomic mass is 19.1. The third-order valence-electron chi connectivity index (χ3n) is 2.88. The molecule has 0 unspecified atom stereocenters. The Bertz CT molecular complexity index is 674. The molecule has 0 saturated heterocycles. The molecule has 0 fully saturated rings. The van der Waals surface area contributed by atoms with Gasteiger partial charge in [0, 0.05) is 23.5 Å². The van der Waals surface area contributed by atoms with Crippen LogP contribution >= 0.6 is 0 Å². The zero-order chi connectivity index (χ0) is 15.4. The molecule has 0 aromatic heterocycles. The number of anilines is 2. The van der Waals surface area contributed by atoms with E-state index < -0.39 is 11.7 Å². The van der Waals surface area contributed by atoms with E-state index in [-0.39, 0.29) is 5.75 Å². The van der Waals surface area contributed by atoms with Crippen molar-refractivity contribution in [3.63, 3.8) is 0 Å². The highest BCUT2D eigenvalue weighted by Gasteiger charge is 2.13. The second kappa shape index (κ2) is 6.13. The second-order valence-electron chi connectivity index (χ2n) is 4.26. The predicted octanol–water partition coefficient (Wildman–Crippen LogP) is 2.68. The molecule has 0 radical (unpaired) electrons. The van der Waals surface area contributed by atoms with Gasteiger partial charge < -0.3 is 20.5 Å². The van der Waals surface area contributed by atoms with Crippen LogP contribution in [0.4, 0.5) is 15.8 Å². The van der Waals surface area contributed by atoms with E-state index >= 15 is 0 Å². The molecule has 2 rings (SSSR count). The topological polar surface area (TPSA) is 73.6 Å². The lowest BCUT2D eigenvalue weighted by atomic mass is 10.1. The van der Waals surface area contributed by atoms with Crippen molar-refractivity contribution in [2.45, 2.75) is 0 Å². The first kappa shape index (κ1) is 14.6. The summed E-state index contributed by atoms with van der Waals surface area (Å²) in [5, 5.41) is 2.59. The van der Waals surface area contributed by atoms with E-state index in [1.54, 1.807) is 24.3 Å². The number of nitrogens with one attached hydrogen (secondary N) is 1. The molecular formula is C15H15FN2O3. The maximum atomic E-state index is 13.6. The van der Waals surface area contributed by atoms with Gasteiger partial charge in [0.25, 0.3) is 5.91 Å². The van der Waals surface area contributed by atoms with Gasteiger partial charge in [0.15, 0.2) is 11.6 Å². The molecule has 0 atom stereocenters. The lowest BCUT2D eigenvalue weighted by Gasteiger charge is -2.10. The number of rotatable bonds is 4. The molecule has 0 bridgehead atoms. The number of carbonyl (C=O) groups is 1. The minimum Gasteiger partial charge on any atom is -0.496 e. The average Bonchev–Trinajstić information content (AvgIpc) is 2.47.